The molecule has 5 nitrogen and oxygen atoms in total. The predicted octanol–water partition coefficient (Wildman–Crippen LogP) is 4.22. The number of rotatable bonds is 7. The number of aliphatic imine (C=N–C) groups is 1. The molecule has 2 rings (SSSR count). The van der Waals surface area contributed by atoms with Crippen molar-refractivity contribution in [1.82, 2.24) is 10.6 Å². The van der Waals surface area contributed by atoms with Gasteiger partial charge in [0.25, 0.3) is 0 Å². The zero-order chi connectivity index (χ0) is 17.6. The fourth-order valence-corrected chi connectivity index (χ4v) is 2.51. The molecule has 0 spiro atoms. The van der Waals surface area contributed by atoms with Gasteiger partial charge in [0.1, 0.15) is 11.3 Å². The van der Waals surface area contributed by atoms with E-state index in [4.69, 9.17) is 4.42 Å². The van der Waals surface area contributed by atoms with E-state index in [1.165, 1.54) is 0 Å². The molecule has 25 heavy (non-hydrogen) atoms. The van der Waals surface area contributed by atoms with Crippen molar-refractivity contribution in [1.29, 1.82) is 0 Å². The second-order valence-corrected chi connectivity index (χ2v) is 6.18. The van der Waals surface area contributed by atoms with Gasteiger partial charge < -0.3 is 20.2 Å². The van der Waals surface area contributed by atoms with Crippen molar-refractivity contribution in [3.63, 3.8) is 0 Å². The van der Waals surface area contributed by atoms with Gasteiger partial charge in [0.15, 0.2) is 5.96 Å². The fraction of sp³-hybridized carbons (Fsp3) is 0.526. The molecule has 6 heteroatoms. The van der Waals surface area contributed by atoms with Gasteiger partial charge in [-0.15, -0.1) is 24.0 Å². The second-order valence-electron chi connectivity index (χ2n) is 6.18. The zero-order valence-corrected chi connectivity index (χ0v) is 17.8. The van der Waals surface area contributed by atoms with Crippen molar-refractivity contribution in [2.75, 3.05) is 13.1 Å². The normalized spacial score (nSPS) is 13.4. The van der Waals surface area contributed by atoms with Gasteiger partial charge in [-0.1, -0.05) is 32.0 Å². The van der Waals surface area contributed by atoms with Crippen molar-refractivity contribution in [2.45, 2.75) is 52.2 Å². The van der Waals surface area contributed by atoms with E-state index in [2.05, 4.69) is 15.6 Å². The van der Waals surface area contributed by atoms with Gasteiger partial charge >= 0.3 is 0 Å². The molecule has 0 saturated heterocycles. The van der Waals surface area contributed by atoms with Crippen LogP contribution in [0.25, 0.3) is 11.0 Å². The van der Waals surface area contributed by atoms with Crippen molar-refractivity contribution in [3.05, 3.63) is 36.1 Å². The summed E-state index contributed by atoms with van der Waals surface area (Å²) in [4.78, 5) is 4.55. The van der Waals surface area contributed by atoms with Crippen LogP contribution in [-0.2, 0) is 0 Å². The summed E-state index contributed by atoms with van der Waals surface area (Å²) in [6.45, 7) is 9.16. The molecule has 0 saturated carbocycles. The van der Waals surface area contributed by atoms with E-state index in [1.54, 1.807) is 0 Å². The van der Waals surface area contributed by atoms with E-state index >= 15 is 0 Å². The summed E-state index contributed by atoms with van der Waals surface area (Å²) >= 11 is 0. The minimum Gasteiger partial charge on any atom is -0.459 e. The molecular weight excluding hydrogens is 429 g/mol. The summed E-state index contributed by atoms with van der Waals surface area (Å²) in [5.41, 5.74) is 0.139. The number of nitrogens with zero attached hydrogens (tertiary/aromatic N) is 1. The molecule has 0 aliphatic carbocycles. The molecule has 0 aliphatic heterocycles. The molecule has 0 aliphatic rings. The van der Waals surface area contributed by atoms with Crippen LogP contribution >= 0.6 is 24.0 Å². The summed E-state index contributed by atoms with van der Waals surface area (Å²) in [5.74, 6) is 1.55. The standard InChI is InChI=1S/C19H29N3O2.HI/c1-5-19(23,6-2)13-21-18(20-7-3)22-14(4)17-12-15-10-8-9-11-16(15)24-17;/h8-12,14,23H,5-7,13H2,1-4H3,(H2,20,21,22);1H. The summed E-state index contributed by atoms with van der Waals surface area (Å²) in [6.07, 6.45) is 1.37. The van der Waals surface area contributed by atoms with Crippen molar-refractivity contribution in [3.8, 4) is 0 Å². The maximum atomic E-state index is 10.4. The molecule has 1 atom stereocenters. The molecule has 3 N–H and O–H groups in total. The fourth-order valence-electron chi connectivity index (χ4n) is 2.51. The summed E-state index contributed by atoms with van der Waals surface area (Å²) < 4.78 is 5.90. The third-order valence-electron chi connectivity index (χ3n) is 4.42. The number of hydrogen-bond acceptors (Lipinski definition) is 3. The molecule has 0 radical (unpaired) electrons. The van der Waals surface area contributed by atoms with Gasteiger partial charge in [-0.25, -0.2) is 0 Å². The molecule has 140 valence electrons. The number of guanidine groups is 1. The van der Waals surface area contributed by atoms with E-state index in [1.807, 2.05) is 58.0 Å². The first-order valence-corrected chi connectivity index (χ1v) is 8.77. The molecule has 0 bridgehead atoms. The lowest BCUT2D eigenvalue weighted by atomic mass is 9.98. The zero-order valence-electron chi connectivity index (χ0n) is 15.5. The van der Waals surface area contributed by atoms with E-state index in [0.29, 0.717) is 25.3 Å². The number of furan rings is 1. The number of aliphatic hydroxyl groups is 1. The van der Waals surface area contributed by atoms with Crippen LogP contribution in [0, 0.1) is 0 Å². The van der Waals surface area contributed by atoms with E-state index in [0.717, 1.165) is 23.3 Å². The van der Waals surface area contributed by atoms with Crippen LogP contribution in [0.3, 0.4) is 0 Å². The van der Waals surface area contributed by atoms with E-state index in [-0.39, 0.29) is 30.0 Å². The predicted molar refractivity (Wildman–Crippen MR) is 115 cm³/mol. The Morgan fingerprint density at radius 2 is 1.92 bits per heavy atom. The highest BCUT2D eigenvalue weighted by atomic mass is 127. The Morgan fingerprint density at radius 3 is 2.52 bits per heavy atom. The Labute approximate surface area is 167 Å². The van der Waals surface area contributed by atoms with Crippen LogP contribution in [0.15, 0.2) is 39.7 Å². The van der Waals surface area contributed by atoms with Gasteiger partial charge in [-0.3, -0.25) is 4.99 Å². The smallest absolute Gasteiger partial charge is 0.191 e. The Kier molecular flexibility index (Phi) is 8.71. The first-order chi connectivity index (χ1) is 11.5. The quantitative estimate of drug-likeness (QED) is 0.330. The maximum Gasteiger partial charge on any atom is 0.191 e. The highest BCUT2D eigenvalue weighted by molar-refractivity contribution is 14.0. The van der Waals surface area contributed by atoms with Crippen LogP contribution in [0.4, 0.5) is 0 Å². The minimum absolute atomic E-state index is 0. The summed E-state index contributed by atoms with van der Waals surface area (Å²) in [5, 5.41) is 18.1. The van der Waals surface area contributed by atoms with Crippen LogP contribution < -0.4 is 10.6 Å². The third kappa shape index (κ3) is 5.88. The average Bonchev–Trinajstić information content (AvgIpc) is 3.04. The monoisotopic (exact) mass is 459 g/mol. The lowest BCUT2D eigenvalue weighted by Crippen LogP contribution is -2.40. The van der Waals surface area contributed by atoms with E-state index in [9.17, 15) is 5.11 Å². The number of para-hydroxylation sites is 1. The molecule has 2 aromatic rings. The minimum atomic E-state index is -0.745. The Hall–Kier alpha value is -1.28. The second kappa shape index (κ2) is 10.0. The summed E-state index contributed by atoms with van der Waals surface area (Å²) in [6, 6.07) is 10.00. The maximum absolute atomic E-state index is 10.4. The first-order valence-electron chi connectivity index (χ1n) is 8.77. The highest BCUT2D eigenvalue weighted by Crippen LogP contribution is 2.23. The molecule has 0 amide bonds. The average molecular weight is 459 g/mol. The summed E-state index contributed by atoms with van der Waals surface area (Å²) in [7, 11) is 0. The Morgan fingerprint density at radius 1 is 1.24 bits per heavy atom. The van der Waals surface area contributed by atoms with Gasteiger partial charge in [0.05, 0.1) is 18.2 Å². The van der Waals surface area contributed by atoms with Crippen molar-refractivity contribution < 1.29 is 9.52 Å². The molecule has 1 aromatic carbocycles. The van der Waals surface area contributed by atoms with Crippen molar-refractivity contribution in [2.24, 2.45) is 4.99 Å². The SMILES string of the molecule is CCNC(=NCC(O)(CC)CC)NC(C)c1cc2ccccc2o1.I. The molecule has 1 unspecified atom stereocenters. The van der Waals surface area contributed by atoms with Crippen molar-refractivity contribution >= 4 is 40.9 Å². The Bertz CT molecular complexity index is 647. The number of halogens is 1. The molecule has 0 fully saturated rings. The first kappa shape index (κ1) is 21.8. The number of nitrogens with one attached hydrogen (secondary N) is 2. The van der Waals surface area contributed by atoms with Crippen LogP contribution in [0.1, 0.15) is 52.3 Å². The van der Waals surface area contributed by atoms with Gasteiger partial charge in [0.2, 0.25) is 0 Å². The van der Waals surface area contributed by atoms with Gasteiger partial charge in [-0.2, -0.15) is 0 Å². The van der Waals surface area contributed by atoms with Crippen LogP contribution in [0.5, 0.6) is 0 Å². The molecular formula is C19H30IN3O2. The van der Waals surface area contributed by atoms with Crippen LogP contribution in [-0.4, -0.2) is 29.8 Å². The number of benzene rings is 1. The molecule has 1 heterocycles. The number of fused-ring (bicyclic) bond motifs is 1. The third-order valence-corrected chi connectivity index (χ3v) is 4.42. The lowest BCUT2D eigenvalue weighted by molar-refractivity contribution is 0.0417. The topological polar surface area (TPSA) is 69.8 Å². The highest BCUT2D eigenvalue weighted by Gasteiger charge is 2.22. The number of hydrogen-bond donors (Lipinski definition) is 3. The molecule has 1 aromatic heterocycles. The van der Waals surface area contributed by atoms with Gasteiger partial charge in [-0.05, 0) is 38.8 Å². The Balaban J connectivity index is 0.00000312. The van der Waals surface area contributed by atoms with Gasteiger partial charge in [0, 0.05) is 11.9 Å². The van der Waals surface area contributed by atoms with E-state index < -0.39 is 5.60 Å². The van der Waals surface area contributed by atoms with Crippen LogP contribution in [0.2, 0.25) is 0 Å². The lowest BCUT2D eigenvalue weighted by Gasteiger charge is -2.24. The largest absolute Gasteiger partial charge is 0.459 e.